The first-order valence-electron chi connectivity index (χ1n) is 6.76. The molecule has 1 aromatic heterocycles. The number of methoxy groups -OCH3 is 1. The molecule has 3 heterocycles. The number of ether oxygens (including phenoxy) is 2. The lowest BCUT2D eigenvalue weighted by Gasteiger charge is -2.21. The summed E-state index contributed by atoms with van der Waals surface area (Å²) in [6.45, 7) is 1.52. The van der Waals surface area contributed by atoms with Crippen LogP contribution in [0, 0.1) is 0 Å². The Morgan fingerprint density at radius 1 is 1.48 bits per heavy atom. The monoisotopic (exact) mass is 291 g/mol. The van der Waals surface area contributed by atoms with Gasteiger partial charge in [0.2, 0.25) is 5.88 Å². The van der Waals surface area contributed by atoms with Gasteiger partial charge in [0.25, 0.3) is 5.91 Å². The summed E-state index contributed by atoms with van der Waals surface area (Å²) in [6.07, 6.45) is 1.88. The number of aromatic nitrogens is 1. The summed E-state index contributed by atoms with van der Waals surface area (Å²) < 4.78 is 10.5. The number of likely N-dealkylation sites (tertiary alicyclic amines) is 1. The normalized spacial score (nSPS) is 24.6. The van der Waals surface area contributed by atoms with E-state index < -0.39 is 5.60 Å². The molecule has 0 aromatic carbocycles. The predicted molar refractivity (Wildman–Crippen MR) is 73.2 cm³/mol. The van der Waals surface area contributed by atoms with Crippen molar-refractivity contribution in [2.75, 3.05) is 33.8 Å². The Balaban J connectivity index is 1.74. The highest BCUT2D eigenvalue weighted by molar-refractivity contribution is 5.94. The van der Waals surface area contributed by atoms with Gasteiger partial charge >= 0.3 is 6.09 Å². The van der Waals surface area contributed by atoms with Gasteiger partial charge in [-0.3, -0.25) is 4.79 Å². The van der Waals surface area contributed by atoms with Gasteiger partial charge in [0.05, 0.1) is 20.2 Å². The molecule has 112 valence electrons. The summed E-state index contributed by atoms with van der Waals surface area (Å²) in [6, 6.07) is 3.27. The average Bonchev–Trinajstić information content (AvgIpc) is 3.02. The van der Waals surface area contributed by atoms with Gasteiger partial charge in [-0.15, -0.1) is 0 Å². The van der Waals surface area contributed by atoms with Gasteiger partial charge in [-0.05, 0) is 6.07 Å². The minimum atomic E-state index is -0.557. The maximum atomic E-state index is 12.5. The maximum absolute atomic E-state index is 12.5. The van der Waals surface area contributed by atoms with E-state index in [1.54, 1.807) is 35.2 Å². The first-order valence-corrected chi connectivity index (χ1v) is 6.76. The minimum absolute atomic E-state index is 0.0989. The lowest BCUT2D eigenvalue weighted by Crippen LogP contribution is -2.39. The second-order valence-corrected chi connectivity index (χ2v) is 5.47. The van der Waals surface area contributed by atoms with E-state index in [1.807, 2.05) is 0 Å². The minimum Gasteiger partial charge on any atom is -0.481 e. The molecule has 21 heavy (non-hydrogen) atoms. The van der Waals surface area contributed by atoms with Crippen molar-refractivity contribution in [3.63, 3.8) is 0 Å². The molecule has 2 aliphatic rings. The van der Waals surface area contributed by atoms with Crippen LogP contribution in [0.2, 0.25) is 0 Å². The maximum Gasteiger partial charge on any atom is 0.410 e. The predicted octanol–water partition coefficient (Wildman–Crippen LogP) is 0.757. The fourth-order valence-corrected chi connectivity index (χ4v) is 2.86. The van der Waals surface area contributed by atoms with Crippen LogP contribution in [0.15, 0.2) is 18.3 Å². The fraction of sp³-hybridized carbons (Fsp3) is 0.500. The molecule has 0 saturated carbocycles. The number of likely N-dealkylation sites (N-methyl/N-ethyl adjacent to an activating group) is 1. The second kappa shape index (κ2) is 4.91. The molecule has 2 saturated heterocycles. The molecule has 0 N–H and O–H groups in total. The zero-order chi connectivity index (χ0) is 15.0. The first-order chi connectivity index (χ1) is 10.0. The van der Waals surface area contributed by atoms with Gasteiger partial charge in [0, 0.05) is 37.8 Å². The third kappa shape index (κ3) is 2.39. The zero-order valence-electron chi connectivity index (χ0n) is 12.0. The van der Waals surface area contributed by atoms with Crippen molar-refractivity contribution in [1.82, 2.24) is 14.8 Å². The van der Waals surface area contributed by atoms with Crippen LogP contribution in [0.25, 0.3) is 0 Å². The standard InChI is InChI=1S/C14H17N3O4/c1-16-8-14(21-13(16)19)4-6-17(9-14)12(18)10-3-5-15-11(7-10)20-2/h3,5,7H,4,6,8-9H2,1-2H3/t14-/m1/s1. The number of carbonyl (C=O) groups excluding carboxylic acids is 2. The van der Waals surface area contributed by atoms with Crippen molar-refractivity contribution in [1.29, 1.82) is 0 Å². The molecule has 1 atom stereocenters. The Morgan fingerprint density at radius 2 is 2.29 bits per heavy atom. The van der Waals surface area contributed by atoms with E-state index in [4.69, 9.17) is 9.47 Å². The number of hydrogen-bond donors (Lipinski definition) is 0. The van der Waals surface area contributed by atoms with E-state index in [9.17, 15) is 9.59 Å². The van der Waals surface area contributed by atoms with Gasteiger partial charge in [-0.25, -0.2) is 9.78 Å². The third-order valence-corrected chi connectivity index (χ3v) is 3.94. The van der Waals surface area contributed by atoms with Gasteiger partial charge in [-0.1, -0.05) is 0 Å². The molecule has 1 spiro atoms. The van der Waals surface area contributed by atoms with Crippen LogP contribution in [0.3, 0.4) is 0 Å². The molecule has 7 heteroatoms. The Hall–Kier alpha value is -2.31. The van der Waals surface area contributed by atoms with E-state index >= 15 is 0 Å². The molecule has 2 aliphatic heterocycles. The first kappa shape index (κ1) is 13.7. The van der Waals surface area contributed by atoms with Crippen LogP contribution >= 0.6 is 0 Å². The summed E-state index contributed by atoms with van der Waals surface area (Å²) in [7, 11) is 3.21. The summed E-state index contributed by atoms with van der Waals surface area (Å²) in [4.78, 5) is 31.3. The van der Waals surface area contributed by atoms with Crippen LogP contribution < -0.4 is 4.74 Å². The van der Waals surface area contributed by atoms with Crippen molar-refractivity contribution in [2.45, 2.75) is 12.0 Å². The molecule has 2 fully saturated rings. The highest BCUT2D eigenvalue weighted by atomic mass is 16.6. The van der Waals surface area contributed by atoms with E-state index in [-0.39, 0.29) is 12.0 Å². The number of amides is 2. The Morgan fingerprint density at radius 3 is 2.95 bits per heavy atom. The lowest BCUT2D eigenvalue weighted by atomic mass is 10.0. The molecule has 2 amide bonds. The van der Waals surface area contributed by atoms with Crippen LogP contribution in [-0.4, -0.2) is 66.2 Å². The van der Waals surface area contributed by atoms with Crippen molar-refractivity contribution in [3.8, 4) is 5.88 Å². The highest BCUT2D eigenvalue weighted by Crippen LogP contribution is 2.32. The second-order valence-electron chi connectivity index (χ2n) is 5.47. The Labute approximate surface area is 122 Å². The van der Waals surface area contributed by atoms with Crippen molar-refractivity contribution >= 4 is 12.0 Å². The SMILES string of the molecule is COc1cc(C(=O)N2CC[C@@]3(CN(C)C(=O)O3)C2)ccn1. The van der Waals surface area contributed by atoms with Crippen LogP contribution in [-0.2, 0) is 4.74 Å². The third-order valence-electron chi connectivity index (χ3n) is 3.94. The van der Waals surface area contributed by atoms with E-state index in [2.05, 4.69) is 4.98 Å². The van der Waals surface area contributed by atoms with Gasteiger partial charge < -0.3 is 19.3 Å². The van der Waals surface area contributed by atoms with Crippen molar-refractivity contribution in [2.24, 2.45) is 0 Å². The molecular weight excluding hydrogens is 274 g/mol. The van der Waals surface area contributed by atoms with Gasteiger partial charge in [-0.2, -0.15) is 0 Å². The van der Waals surface area contributed by atoms with Crippen molar-refractivity contribution in [3.05, 3.63) is 23.9 Å². The highest BCUT2D eigenvalue weighted by Gasteiger charge is 2.49. The van der Waals surface area contributed by atoms with Gasteiger partial charge in [0.15, 0.2) is 5.60 Å². The number of pyridine rings is 1. The largest absolute Gasteiger partial charge is 0.481 e. The molecular formula is C14H17N3O4. The number of hydrogen-bond acceptors (Lipinski definition) is 5. The molecule has 0 radical (unpaired) electrons. The van der Waals surface area contributed by atoms with E-state index in [0.717, 1.165) is 0 Å². The van der Waals surface area contributed by atoms with Crippen LogP contribution in [0.4, 0.5) is 4.79 Å². The Bertz CT molecular complexity index is 591. The molecule has 0 unspecified atom stereocenters. The zero-order valence-corrected chi connectivity index (χ0v) is 12.0. The Kier molecular flexibility index (Phi) is 3.19. The number of rotatable bonds is 2. The van der Waals surface area contributed by atoms with Crippen LogP contribution in [0.1, 0.15) is 16.8 Å². The summed E-state index contributed by atoms with van der Waals surface area (Å²) in [5, 5.41) is 0. The van der Waals surface area contributed by atoms with E-state index in [1.165, 1.54) is 7.11 Å². The lowest BCUT2D eigenvalue weighted by molar-refractivity contribution is 0.0553. The van der Waals surface area contributed by atoms with Gasteiger partial charge in [0.1, 0.15) is 0 Å². The summed E-state index contributed by atoms with van der Waals surface area (Å²) in [5.41, 5.74) is -0.0323. The quantitative estimate of drug-likeness (QED) is 0.804. The fourth-order valence-electron chi connectivity index (χ4n) is 2.86. The summed E-state index contributed by atoms with van der Waals surface area (Å²) in [5.74, 6) is 0.306. The average molecular weight is 291 g/mol. The molecule has 1 aromatic rings. The van der Waals surface area contributed by atoms with Crippen LogP contribution in [0.5, 0.6) is 5.88 Å². The number of nitrogens with zero attached hydrogens (tertiary/aromatic N) is 3. The van der Waals surface area contributed by atoms with Crippen molar-refractivity contribution < 1.29 is 19.1 Å². The smallest absolute Gasteiger partial charge is 0.410 e. The number of carbonyl (C=O) groups is 2. The summed E-state index contributed by atoms with van der Waals surface area (Å²) >= 11 is 0. The molecule has 7 nitrogen and oxygen atoms in total. The molecule has 0 bridgehead atoms. The van der Waals surface area contributed by atoms with E-state index in [0.29, 0.717) is 37.5 Å². The molecule has 0 aliphatic carbocycles. The topological polar surface area (TPSA) is 72.0 Å². The molecule has 3 rings (SSSR count).